The third-order valence-corrected chi connectivity index (χ3v) is 4.19. The molecule has 0 saturated carbocycles. The summed E-state index contributed by atoms with van der Waals surface area (Å²) in [4.78, 5) is 4.23. The minimum absolute atomic E-state index is 0.0875. The molecule has 0 aliphatic rings. The van der Waals surface area contributed by atoms with Crippen molar-refractivity contribution in [2.24, 2.45) is 0 Å². The summed E-state index contributed by atoms with van der Waals surface area (Å²) < 4.78 is 59.1. The molecular weight excluding hydrogens is 387 g/mol. The SMILES string of the molecule is CNCCOc1cc2nccc(Oc3c(F)cc(NC)c(F)c3F)c2cc1OC. The van der Waals surface area contributed by atoms with E-state index in [0.29, 0.717) is 35.6 Å². The molecule has 0 atom stereocenters. The lowest BCUT2D eigenvalue weighted by Crippen LogP contribution is -2.16. The second-order valence-corrected chi connectivity index (χ2v) is 6.00. The van der Waals surface area contributed by atoms with Gasteiger partial charge in [-0.05, 0) is 19.2 Å². The Balaban J connectivity index is 2.04. The van der Waals surface area contributed by atoms with Crippen LogP contribution in [0.5, 0.6) is 23.0 Å². The van der Waals surface area contributed by atoms with Gasteiger partial charge in [0.05, 0.1) is 18.3 Å². The number of nitrogens with zero attached hydrogens (tertiary/aromatic N) is 1. The Morgan fingerprint density at radius 2 is 1.79 bits per heavy atom. The molecule has 29 heavy (non-hydrogen) atoms. The third-order valence-electron chi connectivity index (χ3n) is 4.19. The molecule has 2 N–H and O–H groups in total. The van der Waals surface area contributed by atoms with Crippen molar-refractivity contribution in [3.8, 4) is 23.0 Å². The number of methoxy groups -OCH3 is 1. The summed E-state index contributed by atoms with van der Waals surface area (Å²) in [7, 11) is 4.63. The summed E-state index contributed by atoms with van der Waals surface area (Å²) >= 11 is 0. The summed E-state index contributed by atoms with van der Waals surface area (Å²) in [5, 5.41) is 5.77. The molecule has 0 radical (unpaired) electrons. The molecule has 0 bridgehead atoms. The minimum atomic E-state index is -1.43. The molecule has 3 rings (SSSR count). The van der Waals surface area contributed by atoms with Crippen LogP contribution in [0.25, 0.3) is 10.9 Å². The number of anilines is 1. The molecule has 6 nitrogen and oxygen atoms in total. The number of likely N-dealkylation sites (N-methyl/N-ethyl adjacent to an activating group) is 1. The van der Waals surface area contributed by atoms with Gasteiger partial charge in [-0.2, -0.15) is 4.39 Å². The average Bonchev–Trinajstić information content (AvgIpc) is 2.73. The Morgan fingerprint density at radius 3 is 2.48 bits per heavy atom. The number of aromatic nitrogens is 1. The van der Waals surface area contributed by atoms with Gasteiger partial charge in [0, 0.05) is 37.3 Å². The fourth-order valence-electron chi connectivity index (χ4n) is 2.72. The van der Waals surface area contributed by atoms with E-state index in [4.69, 9.17) is 14.2 Å². The fourth-order valence-corrected chi connectivity index (χ4v) is 2.72. The molecule has 0 fully saturated rings. The first-order chi connectivity index (χ1) is 14.0. The Labute approximate surface area is 165 Å². The number of rotatable bonds is 8. The molecule has 0 unspecified atom stereocenters. The van der Waals surface area contributed by atoms with Crippen molar-refractivity contribution in [2.45, 2.75) is 0 Å². The van der Waals surface area contributed by atoms with Crippen molar-refractivity contribution >= 4 is 16.6 Å². The monoisotopic (exact) mass is 407 g/mol. The molecule has 0 saturated heterocycles. The van der Waals surface area contributed by atoms with E-state index in [1.54, 1.807) is 19.2 Å². The molecule has 0 aliphatic carbocycles. The van der Waals surface area contributed by atoms with Crippen LogP contribution in [0.4, 0.5) is 18.9 Å². The molecule has 3 aromatic rings. The average molecular weight is 407 g/mol. The van der Waals surface area contributed by atoms with E-state index >= 15 is 0 Å². The summed E-state index contributed by atoms with van der Waals surface area (Å²) in [5.74, 6) is -3.62. The molecule has 1 aromatic heterocycles. The van der Waals surface area contributed by atoms with Crippen molar-refractivity contribution in [3.05, 3.63) is 47.9 Å². The van der Waals surface area contributed by atoms with Crippen molar-refractivity contribution in [2.75, 3.05) is 39.7 Å². The maximum absolute atomic E-state index is 14.3. The van der Waals surface area contributed by atoms with E-state index in [9.17, 15) is 13.2 Å². The Bertz CT molecular complexity index is 1030. The highest BCUT2D eigenvalue weighted by molar-refractivity contribution is 5.88. The van der Waals surface area contributed by atoms with E-state index in [1.807, 2.05) is 0 Å². The molecule has 1 heterocycles. The van der Waals surface area contributed by atoms with E-state index < -0.39 is 23.2 Å². The second kappa shape index (κ2) is 8.87. The summed E-state index contributed by atoms with van der Waals surface area (Å²) in [6.45, 7) is 1.03. The van der Waals surface area contributed by atoms with Crippen LogP contribution in [0.3, 0.4) is 0 Å². The zero-order valence-corrected chi connectivity index (χ0v) is 16.1. The number of pyridine rings is 1. The largest absolute Gasteiger partial charge is 0.493 e. The summed E-state index contributed by atoms with van der Waals surface area (Å²) in [5.41, 5.74) is 0.146. The third kappa shape index (κ3) is 4.14. The van der Waals surface area contributed by atoms with Gasteiger partial charge in [-0.25, -0.2) is 8.78 Å². The molecule has 0 spiro atoms. The van der Waals surface area contributed by atoms with Gasteiger partial charge in [0.1, 0.15) is 12.4 Å². The molecule has 0 aliphatic heterocycles. The summed E-state index contributed by atoms with van der Waals surface area (Å²) in [6, 6.07) is 5.46. The number of fused-ring (bicyclic) bond motifs is 1. The maximum Gasteiger partial charge on any atom is 0.206 e. The van der Waals surface area contributed by atoms with E-state index in [0.717, 1.165) is 6.07 Å². The van der Waals surface area contributed by atoms with Crippen LogP contribution >= 0.6 is 0 Å². The zero-order valence-electron chi connectivity index (χ0n) is 16.1. The maximum atomic E-state index is 14.3. The molecule has 0 amide bonds. The standard InChI is InChI=1S/C20H20F3N3O3/c1-24-6-7-28-17-10-13-11(8-16(17)27-3)15(4-5-26-13)29-20-12(21)9-14(25-2)18(22)19(20)23/h4-5,8-10,24-25H,6-7H2,1-3H3. The highest BCUT2D eigenvalue weighted by Gasteiger charge is 2.21. The quantitative estimate of drug-likeness (QED) is 0.433. The first-order valence-electron chi connectivity index (χ1n) is 8.77. The Hall–Kier alpha value is -3.20. The zero-order chi connectivity index (χ0) is 21.0. The van der Waals surface area contributed by atoms with Crippen molar-refractivity contribution in [1.29, 1.82) is 0 Å². The van der Waals surface area contributed by atoms with Crippen LogP contribution in [0, 0.1) is 17.5 Å². The minimum Gasteiger partial charge on any atom is -0.493 e. The first-order valence-corrected chi connectivity index (χ1v) is 8.77. The highest BCUT2D eigenvalue weighted by atomic mass is 19.2. The lowest BCUT2D eigenvalue weighted by molar-refractivity contribution is 0.296. The number of nitrogens with one attached hydrogen (secondary N) is 2. The van der Waals surface area contributed by atoms with Gasteiger partial charge in [0.15, 0.2) is 23.1 Å². The van der Waals surface area contributed by atoms with Gasteiger partial charge in [-0.15, -0.1) is 0 Å². The molecule has 154 valence electrons. The predicted molar refractivity (Wildman–Crippen MR) is 104 cm³/mol. The van der Waals surface area contributed by atoms with Gasteiger partial charge < -0.3 is 24.8 Å². The lowest BCUT2D eigenvalue weighted by Gasteiger charge is -2.15. The number of hydrogen-bond donors (Lipinski definition) is 2. The normalized spacial score (nSPS) is 10.8. The number of benzene rings is 2. The fraction of sp³-hybridized carbons (Fsp3) is 0.250. The van der Waals surface area contributed by atoms with Gasteiger partial charge in [0.25, 0.3) is 0 Å². The highest BCUT2D eigenvalue weighted by Crippen LogP contribution is 2.39. The van der Waals surface area contributed by atoms with Crippen molar-refractivity contribution in [1.82, 2.24) is 10.3 Å². The first kappa shape index (κ1) is 20.5. The van der Waals surface area contributed by atoms with Crippen LogP contribution in [0.15, 0.2) is 30.5 Å². The Kier molecular flexibility index (Phi) is 6.28. The van der Waals surface area contributed by atoms with Crippen molar-refractivity contribution < 1.29 is 27.4 Å². The van der Waals surface area contributed by atoms with Gasteiger partial charge in [-0.1, -0.05) is 0 Å². The number of ether oxygens (including phenoxy) is 3. The summed E-state index contributed by atoms with van der Waals surface area (Å²) in [6.07, 6.45) is 1.41. The lowest BCUT2D eigenvalue weighted by atomic mass is 10.1. The van der Waals surface area contributed by atoms with Gasteiger partial charge in [0.2, 0.25) is 11.6 Å². The van der Waals surface area contributed by atoms with Crippen LogP contribution in [-0.4, -0.2) is 39.3 Å². The Morgan fingerprint density at radius 1 is 1.00 bits per heavy atom. The van der Waals surface area contributed by atoms with E-state index in [-0.39, 0.29) is 11.4 Å². The number of halogens is 3. The van der Waals surface area contributed by atoms with Crippen LogP contribution < -0.4 is 24.8 Å². The van der Waals surface area contributed by atoms with E-state index in [2.05, 4.69) is 15.6 Å². The van der Waals surface area contributed by atoms with Crippen LogP contribution in [0.1, 0.15) is 0 Å². The number of hydrogen-bond acceptors (Lipinski definition) is 6. The van der Waals surface area contributed by atoms with Gasteiger partial charge in [-0.3, -0.25) is 4.98 Å². The predicted octanol–water partition coefficient (Wildman–Crippen LogP) is 4.09. The smallest absolute Gasteiger partial charge is 0.206 e. The topological polar surface area (TPSA) is 64.6 Å². The van der Waals surface area contributed by atoms with Crippen molar-refractivity contribution in [3.63, 3.8) is 0 Å². The van der Waals surface area contributed by atoms with Crippen LogP contribution in [-0.2, 0) is 0 Å². The molecule has 2 aromatic carbocycles. The molecular formula is C20H20F3N3O3. The second-order valence-electron chi connectivity index (χ2n) is 6.00. The molecule has 9 heteroatoms. The van der Waals surface area contributed by atoms with E-state index in [1.165, 1.54) is 26.4 Å². The van der Waals surface area contributed by atoms with Crippen LogP contribution in [0.2, 0.25) is 0 Å². The van der Waals surface area contributed by atoms with Gasteiger partial charge >= 0.3 is 0 Å².